The Morgan fingerprint density at radius 1 is 1.67 bits per heavy atom. The summed E-state index contributed by atoms with van der Waals surface area (Å²) in [6.45, 7) is 1.46. The summed E-state index contributed by atoms with van der Waals surface area (Å²) >= 11 is 1.11. The van der Waals surface area contributed by atoms with E-state index >= 15 is 0 Å². The second-order valence-corrected chi connectivity index (χ2v) is 5.30. The van der Waals surface area contributed by atoms with Crippen molar-refractivity contribution in [3.8, 4) is 0 Å². The lowest BCUT2D eigenvalue weighted by Gasteiger charge is -2.22. The van der Waals surface area contributed by atoms with E-state index in [1.165, 1.54) is 0 Å². The summed E-state index contributed by atoms with van der Waals surface area (Å²) in [6, 6.07) is 1.63. The zero-order valence-electron chi connectivity index (χ0n) is 9.74. The fraction of sp³-hybridized carbons (Fsp3) is 0.545. The van der Waals surface area contributed by atoms with Crippen molar-refractivity contribution in [2.24, 2.45) is 0 Å². The highest BCUT2D eigenvalue weighted by atomic mass is 32.1. The van der Waals surface area contributed by atoms with Gasteiger partial charge < -0.3 is 5.11 Å². The number of carboxylic acid groups (broad SMARTS) is 1. The van der Waals surface area contributed by atoms with Gasteiger partial charge in [-0.15, -0.1) is 0 Å². The summed E-state index contributed by atoms with van der Waals surface area (Å²) in [4.78, 5) is 23.0. The summed E-state index contributed by atoms with van der Waals surface area (Å²) in [5.41, 5.74) is 0.893. The third-order valence-electron chi connectivity index (χ3n) is 3.11. The van der Waals surface area contributed by atoms with Gasteiger partial charge in [0.25, 0.3) is 0 Å². The summed E-state index contributed by atoms with van der Waals surface area (Å²) in [7, 11) is 0. The van der Waals surface area contributed by atoms with E-state index in [0.717, 1.165) is 36.3 Å². The van der Waals surface area contributed by atoms with Gasteiger partial charge in [-0.1, -0.05) is 11.3 Å². The molecule has 6 nitrogen and oxygen atoms in total. The molecule has 1 aromatic rings. The van der Waals surface area contributed by atoms with E-state index in [0.29, 0.717) is 6.54 Å². The largest absolute Gasteiger partial charge is 0.481 e. The van der Waals surface area contributed by atoms with E-state index < -0.39 is 10.9 Å². The molecule has 1 atom stereocenters. The van der Waals surface area contributed by atoms with Gasteiger partial charge in [-0.3, -0.25) is 19.8 Å². The molecule has 0 aromatic carbocycles. The van der Waals surface area contributed by atoms with Gasteiger partial charge in [-0.25, -0.2) is 0 Å². The van der Waals surface area contributed by atoms with Crippen molar-refractivity contribution in [3.63, 3.8) is 0 Å². The van der Waals surface area contributed by atoms with Crippen LogP contribution in [0, 0.1) is 10.1 Å². The lowest BCUT2D eigenvalue weighted by molar-refractivity contribution is -0.380. The number of nitrogens with zero attached hydrogens (tertiary/aromatic N) is 2. The van der Waals surface area contributed by atoms with Gasteiger partial charge in [0.2, 0.25) is 0 Å². The van der Waals surface area contributed by atoms with Gasteiger partial charge in [-0.2, -0.15) is 0 Å². The number of carboxylic acids is 1. The minimum Gasteiger partial charge on any atom is -0.481 e. The molecule has 1 fully saturated rings. The van der Waals surface area contributed by atoms with Crippen LogP contribution >= 0.6 is 11.3 Å². The highest BCUT2D eigenvalue weighted by Crippen LogP contribution is 2.27. The highest BCUT2D eigenvalue weighted by molar-refractivity contribution is 7.13. The maximum atomic E-state index is 10.7. The first-order valence-corrected chi connectivity index (χ1v) is 6.62. The predicted octanol–water partition coefficient (Wildman–Crippen LogP) is 2.10. The summed E-state index contributed by atoms with van der Waals surface area (Å²) in [5, 5.41) is 21.3. The van der Waals surface area contributed by atoms with Crippen LogP contribution in [0.15, 0.2) is 11.4 Å². The van der Waals surface area contributed by atoms with Crippen LogP contribution in [-0.2, 0) is 11.3 Å². The molecule has 0 aliphatic carbocycles. The van der Waals surface area contributed by atoms with E-state index in [1.807, 2.05) is 0 Å². The Balaban J connectivity index is 1.99. The van der Waals surface area contributed by atoms with Gasteiger partial charge in [0.1, 0.15) is 0 Å². The zero-order valence-corrected chi connectivity index (χ0v) is 10.6. The first-order chi connectivity index (χ1) is 8.56. The molecule has 18 heavy (non-hydrogen) atoms. The third kappa shape index (κ3) is 3.05. The summed E-state index contributed by atoms with van der Waals surface area (Å²) < 4.78 is 0. The lowest BCUT2D eigenvalue weighted by atomic mass is 10.1. The molecule has 1 aromatic heterocycles. The van der Waals surface area contributed by atoms with Gasteiger partial charge >= 0.3 is 11.0 Å². The normalized spacial score (nSPS) is 20.1. The van der Waals surface area contributed by atoms with Crippen molar-refractivity contribution in [1.29, 1.82) is 0 Å². The number of hydrogen-bond acceptors (Lipinski definition) is 5. The smallest absolute Gasteiger partial charge is 0.324 e. The highest BCUT2D eigenvalue weighted by Gasteiger charge is 2.27. The molecular formula is C11H14N2O4S. The van der Waals surface area contributed by atoms with E-state index in [9.17, 15) is 14.9 Å². The number of hydrogen-bond donors (Lipinski definition) is 1. The predicted molar refractivity (Wildman–Crippen MR) is 66.7 cm³/mol. The van der Waals surface area contributed by atoms with Crippen molar-refractivity contribution >= 4 is 22.3 Å². The number of thiophene rings is 1. The SMILES string of the molecule is O=C(O)CC1CCCN1Cc1csc([N+](=O)[O-])c1. The van der Waals surface area contributed by atoms with Crippen LogP contribution in [-0.4, -0.2) is 33.5 Å². The third-order valence-corrected chi connectivity index (χ3v) is 4.04. The van der Waals surface area contributed by atoms with Crippen LogP contribution in [0.5, 0.6) is 0 Å². The molecule has 2 heterocycles. The zero-order chi connectivity index (χ0) is 13.1. The minimum absolute atomic E-state index is 0.0569. The van der Waals surface area contributed by atoms with Gasteiger partial charge in [0.05, 0.1) is 11.3 Å². The van der Waals surface area contributed by atoms with Crippen LogP contribution in [0.1, 0.15) is 24.8 Å². The van der Waals surface area contributed by atoms with Crippen LogP contribution < -0.4 is 0 Å². The van der Waals surface area contributed by atoms with Crippen molar-refractivity contribution < 1.29 is 14.8 Å². The monoisotopic (exact) mass is 270 g/mol. The Morgan fingerprint density at radius 3 is 3.06 bits per heavy atom. The fourth-order valence-electron chi connectivity index (χ4n) is 2.31. The standard InChI is InChI=1S/C11H14N2O4S/c14-11(15)5-9-2-1-3-12(9)6-8-4-10(13(16)17)18-7-8/h4,7,9H,1-3,5-6H2,(H,14,15). The quantitative estimate of drug-likeness (QED) is 0.654. The Bertz CT molecular complexity index is 460. The maximum Gasteiger partial charge on any atom is 0.324 e. The molecular weight excluding hydrogens is 256 g/mol. The average molecular weight is 270 g/mol. The van der Waals surface area contributed by atoms with Crippen molar-refractivity contribution in [2.45, 2.75) is 31.8 Å². The molecule has 1 saturated heterocycles. The first-order valence-electron chi connectivity index (χ1n) is 5.74. The van der Waals surface area contributed by atoms with E-state index in [1.54, 1.807) is 11.4 Å². The molecule has 1 N–H and O–H groups in total. The summed E-state index contributed by atoms with van der Waals surface area (Å²) in [5.74, 6) is -0.789. The number of nitro groups is 1. The molecule has 98 valence electrons. The molecule has 0 amide bonds. The molecule has 0 spiro atoms. The second-order valence-electron chi connectivity index (χ2n) is 4.41. The molecule has 0 saturated carbocycles. The molecule has 0 radical (unpaired) electrons. The van der Waals surface area contributed by atoms with Crippen molar-refractivity contribution in [2.75, 3.05) is 6.54 Å². The Kier molecular flexibility index (Phi) is 3.93. The van der Waals surface area contributed by atoms with Crippen LogP contribution in [0.2, 0.25) is 0 Å². The first kappa shape index (κ1) is 13.0. The number of carbonyl (C=O) groups is 1. The van der Waals surface area contributed by atoms with Gasteiger partial charge in [0, 0.05) is 24.0 Å². The molecule has 0 bridgehead atoms. The number of likely N-dealkylation sites (tertiary alicyclic amines) is 1. The van der Waals surface area contributed by atoms with Crippen LogP contribution in [0.4, 0.5) is 5.00 Å². The van der Waals surface area contributed by atoms with Crippen molar-refractivity contribution in [1.82, 2.24) is 4.90 Å². The van der Waals surface area contributed by atoms with E-state index in [-0.39, 0.29) is 17.5 Å². The summed E-state index contributed by atoms with van der Waals surface area (Å²) in [6.07, 6.45) is 2.02. The van der Waals surface area contributed by atoms with E-state index in [2.05, 4.69) is 4.90 Å². The molecule has 2 rings (SSSR count). The van der Waals surface area contributed by atoms with Crippen LogP contribution in [0.25, 0.3) is 0 Å². The Labute approximate surface area is 108 Å². The number of rotatable bonds is 5. The van der Waals surface area contributed by atoms with Gasteiger partial charge in [0.15, 0.2) is 0 Å². The topological polar surface area (TPSA) is 83.7 Å². The van der Waals surface area contributed by atoms with Gasteiger partial charge in [-0.05, 0) is 24.9 Å². The van der Waals surface area contributed by atoms with E-state index in [4.69, 9.17) is 5.11 Å². The van der Waals surface area contributed by atoms with Crippen molar-refractivity contribution in [3.05, 3.63) is 27.1 Å². The molecule has 1 aliphatic heterocycles. The molecule has 7 heteroatoms. The fourth-order valence-corrected chi connectivity index (χ4v) is 3.03. The second kappa shape index (κ2) is 5.45. The Morgan fingerprint density at radius 2 is 2.44 bits per heavy atom. The average Bonchev–Trinajstić information content (AvgIpc) is 2.89. The van der Waals surface area contributed by atoms with Crippen LogP contribution in [0.3, 0.4) is 0 Å². The maximum absolute atomic E-state index is 10.7. The molecule has 1 aliphatic rings. The lowest BCUT2D eigenvalue weighted by Crippen LogP contribution is -2.30. The minimum atomic E-state index is -0.789. The number of aliphatic carboxylic acids is 1. The molecule has 1 unspecified atom stereocenters. The Hall–Kier alpha value is -1.47.